The molecule has 1 saturated carbocycles. The predicted molar refractivity (Wildman–Crippen MR) is 77.9 cm³/mol. The van der Waals surface area contributed by atoms with Crippen molar-refractivity contribution in [3.63, 3.8) is 0 Å². The molecular weight excluding hydrogens is 262 g/mol. The number of nitrogens with zero attached hydrogens (tertiary/aromatic N) is 2. The summed E-state index contributed by atoms with van der Waals surface area (Å²) in [6, 6.07) is 1.78. The Morgan fingerprint density at radius 3 is 2.79 bits per heavy atom. The minimum atomic E-state index is 0.117. The summed E-state index contributed by atoms with van der Waals surface area (Å²) in [6.07, 6.45) is 6.75. The molecule has 5 heteroatoms. The standard InChI is InChI=1S/C14H22ClN3O/c1-11(2)19-12-5-8-16-13(18-12)17-10-14(9-15)6-3-4-7-14/h5,8,11H,3-4,6-7,9-10H2,1-2H3,(H,16,17,18). The molecule has 0 atom stereocenters. The van der Waals surface area contributed by atoms with Crippen LogP contribution in [0.3, 0.4) is 0 Å². The molecule has 1 aliphatic rings. The highest BCUT2D eigenvalue weighted by atomic mass is 35.5. The van der Waals surface area contributed by atoms with Crippen LogP contribution in [0.25, 0.3) is 0 Å². The average molecular weight is 284 g/mol. The molecule has 1 aromatic heterocycles. The lowest BCUT2D eigenvalue weighted by Crippen LogP contribution is -2.29. The highest BCUT2D eigenvalue weighted by molar-refractivity contribution is 6.18. The van der Waals surface area contributed by atoms with Gasteiger partial charge in [-0.3, -0.25) is 0 Å². The number of rotatable bonds is 6. The first-order valence-electron chi connectivity index (χ1n) is 6.93. The van der Waals surface area contributed by atoms with Gasteiger partial charge in [0.15, 0.2) is 0 Å². The van der Waals surface area contributed by atoms with Crippen LogP contribution >= 0.6 is 11.6 Å². The van der Waals surface area contributed by atoms with Gasteiger partial charge < -0.3 is 10.1 Å². The van der Waals surface area contributed by atoms with E-state index in [1.807, 2.05) is 13.8 Å². The Balaban J connectivity index is 1.95. The van der Waals surface area contributed by atoms with E-state index in [1.165, 1.54) is 25.7 Å². The maximum atomic E-state index is 6.13. The summed E-state index contributed by atoms with van der Waals surface area (Å²) in [7, 11) is 0. The Labute approximate surface area is 119 Å². The number of nitrogens with one attached hydrogen (secondary N) is 1. The summed E-state index contributed by atoms with van der Waals surface area (Å²) in [4.78, 5) is 8.58. The number of ether oxygens (including phenoxy) is 1. The quantitative estimate of drug-likeness (QED) is 0.812. The summed E-state index contributed by atoms with van der Waals surface area (Å²) >= 11 is 6.13. The van der Waals surface area contributed by atoms with Crippen LogP contribution in [0.4, 0.5) is 5.95 Å². The van der Waals surface area contributed by atoms with Crippen LogP contribution < -0.4 is 10.1 Å². The normalized spacial score (nSPS) is 17.7. The molecule has 0 radical (unpaired) electrons. The zero-order valence-corrected chi connectivity index (χ0v) is 12.4. The Kier molecular flexibility index (Phi) is 4.86. The molecule has 0 saturated heterocycles. The number of halogens is 1. The number of anilines is 1. The zero-order valence-electron chi connectivity index (χ0n) is 11.7. The van der Waals surface area contributed by atoms with Gasteiger partial charge in [-0.1, -0.05) is 12.8 Å². The topological polar surface area (TPSA) is 47.0 Å². The Morgan fingerprint density at radius 2 is 2.16 bits per heavy atom. The van der Waals surface area contributed by atoms with Crippen molar-refractivity contribution in [1.82, 2.24) is 9.97 Å². The van der Waals surface area contributed by atoms with Crippen molar-refractivity contribution in [2.24, 2.45) is 5.41 Å². The second kappa shape index (κ2) is 6.42. The molecule has 0 aliphatic heterocycles. The van der Waals surface area contributed by atoms with Gasteiger partial charge in [0.25, 0.3) is 0 Å². The molecule has 19 heavy (non-hydrogen) atoms. The molecule has 2 rings (SSSR count). The number of aromatic nitrogens is 2. The fourth-order valence-electron chi connectivity index (χ4n) is 2.48. The van der Waals surface area contributed by atoms with Gasteiger partial charge in [0.05, 0.1) is 6.10 Å². The van der Waals surface area contributed by atoms with Crippen LogP contribution in [0.1, 0.15) is 39.5 Å². The second-order valence-electron chi connectivity index (χ2n) is 5.58. The lowest BCUT2D eigenvalue weighted by Gasteiger charge is -2.26. The fourth-order valence-corrected chi connectivity index (χ4v) is 2.85. The van der Waals surface area contributed by atoms with E-state index in [0.29, 0.717) is 17.7 Å². The zero-order chi connectivity index (χ0) is 13.7. The minimum absolute atomic E-state index is 0.117. The van der Waals surface area contributed by atoms with Gasteiger partial charge in [-0.15, -0.1) is 11.6 Å². The highest BCUT2D eigenvalue weighted by Gasteiger charge is 2.32. The smallest absolute Gasteiger partial charge is 0.225 e. The summed E-state index contributed by atoms with van der Waals surface area (Å²) in [6.45, 7) is 4.80. The second-order valence-corrected chi connectivity index (χ2v) is 5.85. The molecule has 106 valence electrons. The number of hydrogen-bond acceptors (Lipinski definition) is 4. The van der Waals surface area contributed by atoms with E-state index in [2.05, 4.69) is 15.3 Å². The maximum Gasteiger partial charge on any atom is 0.225 e. The number of hydrogen-bond donors (Lipinski definition) is 1. The molecule has 1 aliphatic carbocycles. The first kappa shape index (κ1) is 14.4. The van der Waals surface area contributed by atoms with Gasteiger partial charge in [-0.2, -0.15) is 4.98 Å². The van der Waals surface area contributed by atoms with Gasteiger partial charge in [-0.05, 0) is 26.7 Å². The van der Waals surface area contributed by atoms with Crippen LogP contribution in [0.15, 0.2) is 12.3 Å². The Hall–Kier alpha value is -1.03. The Bertz CT molecular complexity index is 405. The lowest BCUT2D eigenvalue weighted by atomic mass is 9.89. The molecule has 0 amide bonds. The van der Waals surface area contributed by atoms with Crippen LogP contribution in [0.2, 0.25) is 0 Å². The summed E-state index contributed by atoms with van der Waals surface area (Å²) in [5.41, 5.74) is 0.208. The molecule has 4 nitrogen and oxygen atoms in total. The van der Waals surface area contributed by atoms with E-state index in [4.69, 9.17) is 16.3 Å². The highest BCUT2D eigenvalue weighted by Crippen LogP contribution is 2.39. The van der Waals surface area contributed by atoms with E-state index < -0.39 is 0 Å². The largest absolute Gasteiger partial charge is 0.475 e. The molecule has 1 fully saturated rings. The van der Waals surface area contributed by atoms with Crippen molar-refractivity contribution in [3.8, 4) is 5.88 Å². The average Bonchev–Trinajstić information content (AvgIpc) is 2.86. The molecule has 0 aromatic carbocycles. The first-order valence-corrected chi connectivity index (χ1v) is 7.47. The lowest BCUT2D eigenvalue weighted by molar-refractivity contribution is 0.232. The van der Waals surface area contributed by atoms with Gasteiger partial charge in [-0.25, -0.2) is 4.98 Å². The molecule has 0 unspecified atom stereocenters. The summed E-state index contributed by atoms with van der Waals surface area (Å²) in [5, 5.41) is 3.31. The van der Waals surface area contributed by atoms with Crippen LogP contribution in [0, 0.1) is 5.41 Å². The van der Waals surface area contributed by atoms with E-state index in [9.17, 15) is 0 Å². The summed E-state index contributed by atoms with van der Waals surface area (Å²) in [5.74, 6) is 1.93. The van der Waals surface area contributed by atoms with Gasteiger partial charge in [0, 0.05) is 30.1 Å². The van der Waals surface area contributed by atoms with Crippen molar-refractivity contribution in [3.05, 3.63) is 12.3 Å². The van der Waals surface area contributed by atoms with Crippen molar-refractivity contribution >= 4 is 17.5 Å². The Morgan fingerprint density at radius 1 is 1.42 bits per heavy atom. The SMILES string of the molecule is CC(C)Oc1ccnc(NCC2(CCl)CCCC2)n1. The minimum Gasteiger partial charge on any atom is -0.475 e. The fraction of sp³-hybridized carbons (Fsp3) is 0.714. The van der Waals surface area contributed by atoms with Crippen LogP contribution in [-0.2, 0) is 0 Å². The van der Waals surface area contributed by atoms with Crippen molar-refractivity contribution in [2.75, 3.05) is 17.7 Å². The van der Waals surface area contributed by atoms with Crippen molar-refractivity contribution in [2.45, 2.75) is 45.6 Å². The van der Waals surface area contributed by atoms with Gasteiger partial charge in [0.2, 0.25) is 11.8 Å². The monoisotopic (exact) mass is 283 g/mol. The van der Waals surface area contributed by atoms with Crippen LogP contribution in [0.5, 0.6) is 5.88 Å². The first-order chi connectivity index (χ1) is 9.13. The van der Waals surface area contributed by atoms with E-state index >= 15 is 0 Å². The summed E-state index contributed by atoms with van der Waals surface area (Å²) < 4.78 is 5.56. The molecule has 0 bridgehead atoms. The molecular formula is C14H22ClN3O. The molecule has 0 spiro atoms. The predicted octanol–water partition coefficient (Wildman–Crippen LogP) is 3.47. The number of alkyl halides is 1. The third kappa shape index (κ3) is 3.96. The van der Waals surface area contributed by atoms with Crippen molar-refractivity contribution in [1.29, 1.82) is 0 Å². The molecule has 1 heterocycles. The van der Waals surface area contributed by atoms with Gasteiger partial charge >= 0.3 is 0 Å². The molecule has 1 aromatic rings. The molecule has 1 N–H and O–H groups in total. The van der Waals surface area contributed by atoms with E-state index in [-0.39, 0.29) is 11.5 Å². The van der Waals surface area contributed by atoms with E-state index in [0.717, 1.165) is 6.54 Å². The van der Waals surface area contributed by atoms with Crippen molar-refractivity contribution < 1.29 is 4.74 Å². The van der Waals surface area contributed by atoms with Crippen LogP contribution in [-0.4, -0.2) is 28.5 Å². The third-order valence-electron chi connectivity index (χ3n) is 3.56. The van der Waals surface area contributed by atoms with Gasteiger partial charge in [0.1, 0.15) is 0 Å². The maximum absolute atomic E-state index is 6.13. The third-order valence-corrected chi connectivity index (χ3v) is 4.12. The van der Waals surface area contributed by atoms with E-state index in [1.54, 1.807) is 12.3 Å².